The van der Waals surface area contributed by atoms with Gasteiger partial charge in [-0.2, -0.15) is 0 Å². The van der Waals surface area contributed by atoms with E-state index in [9.17, 15) is 0 Å². The van der Waals surface area contributed by atoms with Gasteiger partial charge in [0, 0.05) is 22.1 Å². The van der Waals surface area contributed by atoms with Crippen LogP contribution in [0.2, 0.25) is 0 Å². The maximum Gasteiger partial charge on any atom is 0.135 e. The standard InChI is InChI=1S/C34H23NO/c1-2-11-29-23(7-1)8-6-13-30(29)24-15-18-27(19-16-24)35-28-10-5-9-25(21-28)26-17-20-34-32(22-26)31-12-3-4-14-33(31)36-34/h1-22,35H. The van der Waals surface area contributed by atoms with Crippen molar-refractivity contribution < 1.29 is 4.42 Å². The third-order valence-electron chi connectivity index (χ3n) is 6.85. The Bertz CT molecular complexity index is 1860. The highest BCUT2D eigenvalue weighted by Gasteiger charge is 2.09. The summed E-state index contributed by atoms with van der Waals surface area (Å²) in [6.45, 7) is 0. The lowest BCUT2D eigenvalue weighted by Gasteiger charge is -2.11. The fourth-order valence-electron chi connectivity index (χ4n) is 5.06. The molecular weight excluding hydrogens is 438 g/mol. The molecule has 2 nitrogen and oxygen atoms in total. The van der Waals surface area contributed by atoms with Gasteiger partial charge in [0.15, 0.2) is 0 Å². The van der Waals surface area contributed by atoms with Crippen molar-refractivity contribution in [1.82, 2.24) is 0 Å². The second kappa shape index (κ2) is 8.44. The quantitative estimate of drug-likeness (QED) is 0.282. The molecule has 170 valence electrons. The molecule has 7 rings (SSSR count). The highest BCUT2D eigenvalue weighted by atomic mass is 16.3. The van der Waals surface area contributed by atoms with Crippen molar-refractivity contribution >= 4 is 44.1 Å². The highest BCUT2D eigenvalue weighted by molar-refractivity contribution is 6.06. The second-order valence-electron chi connectivity index (χ2n) is 9.12. The molecule has 2 heteroatoms. The van der Waals surface area contributed by atoms with Crippen LogP contribution in [0.1, 0.15) is 0 Å². The monoisotopic (exact) mass is 461 g/mol. The van der Waals surface area contributed by atoms with Gasteiger partial charge in [-0.05, 0) is 75.5 Å². The van der Waals surface area contributed by atoms with Gasteiger partial charge in [-0.3, -0.25) is 0 Å². The van der Waals surface area contributed by atoms with Crippen molar-refractivity contribution in [3.05, 3.63) is 133 Å². The van der Waals surface area contributed by atoms with Crippen molar-refractivity contribution in [2.75, 3.05) is 5.32 Å². The molecule has 1 heterocycles. The Morgan fingerprint density at radius 1 is 0.417 bits per heavy atom. The second-order valence-corrected chi connectivity index (χ2v) is 9.12. The van der Waals surface area contributed by atoms with Gasteiger partial charge < -0.3 is 9.73 Å². The van der Waals surface area contributed by atoms with E-state index in [0.717, 1.165) is 33.3 Å². The van der Waals surface area contributed by atoms with Gasteiger partial charge >= 0.3 is 0 Å². The Kier molecular flexibility index (Phi) is 4.82. The van der Waals surface area contributed by atoms with Crippen molar-refractivity contribution in [3.63, 3.8) is 0 Å². The number of furan rings is 1. The predicted molar refractivity (Wildman–Crippen MR) is 152 cm³/mol. The number of nitrogens with one attached hydrogen (secondary N) is 1. The van der Waals surface area contributed by atoms with Gasteiger partial charge in [0.25, 0.3) is 0 Å². The minimum absolute atomic E-state index is 0.917. The summed E-state index contributed by atoms with van der Waals surface area (Å²) in [4.78, 5) is 0. The van der Waals surface area contributed by atoms with Gasteiger partial charge in [-0.1, -0.05) is 91.0 Å². The third-order valence-corrected chi connectivity index (χ3v) is 6.85. The van der Waals surface area contributed by atoms with Crippen LogP contribution in [-0.4, -0.2) is 0 Å². The Morgan fingerprint density at radius 2 is 1.11 bits per heavy atom. The van der Waals surface area contributed by atoms with Crippen LogP contribution in [0.25, 0.3) is 55.0 Å². The SMILES string of the molecule is c1cc(Nc2ccc(-c3cccc4ccccc34)cc2)cc(-c2ccc3oc4ccccc4c3c2)c1. The minimum atomic E-state index is 0.917. The Balaban J connectivity index is 1.18. The van der Waals surface area contributed by atoms with E-state index >= 15 is 0 Å². The lowest BCUT2D eigenvalue weighted by molar-refractivity contribution is 0.669. The van der Waals surface area contributed by atoms with E-state index in [1.54, 1.807) is 0 Å². The maximum absolute atomic E-state index is 6.00. The highest BCUT2D eigenvalue weighted by Crippen LogP contribution is 2.34. The van der Waals surface area contributed by atoms with Gasteiger partial charge in [0.1, 0.15) is 11.2 Å². The zero-order valence-corrected chi connectivity index (χ0v) is 19.6. The first-order valence-corrected chi connectivity index (χ1v) is 12.2. The summed E-state index contributed by atoms with van der Waals surface area (Å²) in [6, 6.07) is 46.8. The summed E-state index contributed by atoms with van der Waals surface area (Å²) in [6.07, 6.45) is 0. The van der Waals surface area contributed by atoms with E-state index in [0.29, 0.717) is 0 Å². The molecule has 0 saturated heterocycles. The molecule has 0 aliphatic rings. The molecule has 7 aromatic rings. The molecule has 0 aliphatic carbocycles. The summed E-state index contributed by atoms with van der Waals surface area (Å²) in [5.41, 5.74) is 8.77. The van der Waals surface area contributed by atoms with Crippen LogP contribution in [0.5, 0.6) is 0 Å². The summed E-state index contributed by atoms with van der Waals surface area (Å²) in [7, 11) is 0. The molecule has 1 N–H and O–H groups in total. The van der Waals surface area contributed by atoms with Crippen molar-refractivity contribution in [3.8, 4) is 22.3 Å². The van der Waals surface area contributed by atoms with E-state index in [1.807, 2.05) is 12.1 Å². The number of hydrogen-bond acceptors (Lipinski definition) is 2. The lowest BCUT2D eigenvalue weighted by Crippen LogP contribution is -1.91. The number of rotatable bonds is 4. The zero-order valence-electron chi connectivity index (χ0n) is 19.6. The third kappa shape index (κ3) is 3.60. The van der Waals surface area contributed by atoms with Crippen LogP contribution < -0.4 is 5.32 Å². The van der Waals surface area contributed by atoms with Crippen molar-refractivity contribution in [2.45, 2.75) is 0 Å². The van der Waals surface area contributed by atoms with Gasteiger partial charge in [0.05, 0.1) is 0 Å². The average molecular weight is 462 g/mol. The van der Waals surface area contributed by atoms with Crippen LogP contribution in [0.4, 0.5) is 11.4 Å². The summed E-state index contributed by atoms with van der Waals surface area (Å²) >= 11 is 0. The molecule has 0 bridgehead atoms. The zero-order chi connectivity index (χ0) is 23.9. The average Bonchev–Trinajstić information content (AvgIpc) is 3.31. The molecular formula is C34H23NO. The largest absolute Gasteiger partial charge is 0.456 e. The van der Waals surface area contributed by atoms with Crippen molar-refractivity contribution in [1.29, 1.82) is 0 Å². The molecule has 0 unspecified atom stereocenters. The molecule has 0 spiro atoms. The minimum Gasteiger partial charge on any atom is -0.456 e. The maximum atomic E-state index is 6.00. The normalized spacial score (nSPS) is 11.3. The molecule has 0 saturated carbocycles. The number of hydrogen-bond donors (Lipinski definition) is 1. The fraction of sp³-hybridized carbons (Fsp3) is 0. The summed E-state index contributed by atoms with van der Waals surface area (Å²) in [5.74, 6) is 0. The van der Waals surface area contributed by atoms with Gasteiger partial charge in [-0.15, -0.1) is 0 Å². The first-order valence-electron chi connectivity index (χ1n) is 12.2. The van der Waals surface area contributed by atoms with E-state index in [4.69, 9.17) is 4.42 Å². The van der Waals surface area contributed by atoms with E-state index in [-0.39, 0.29) is 0 Å². The first-order chi connectivity index (χ1) is 17.8. The molecule has 0 radical (unpaired) electrons. The van der Waals surface area contributed by atoms with Crippen LogP contribution in [0, 0.1) is 0 Å². The van der Waals surface area contributed by atoms with E-state index in [2.05, 4.69) is 127 Å². The first kappa shape index (κ1) is 20.5. The molecule has 0 amide bonds. The van der Waals surface area contributed by atoms with Crippen molar-refractivity contribution in [2.24, 2.45) is 0 Å². The summed E-state index contributed by atoms with van der Waals surface area (Å²) < 4.78 is 6.00. The molecule has 1 aromatic heterocycles. The molecule has 0 fully saturated rings. The lowest BCUT2D eigenvalue weighted by atomic mass is 9.98. The Labute approximate surface area is 209 Å². The Morgan fingerprint density at radius 3 is 2.03 bits per heavy atom. The van der Waals surface area contributed by atoms with E-state index in [1.165, 1.54) is 33.0 Å². The molecule has 0 atom stereocenters. The predicted octanol–water partition coefficient (Wildman–Crippen LogP) is 9.82. The van der Waals surface area contributed by atoms with Crippen LogP contribution in [0.3, 0.4) is 0 Å². The number of fused-ring (bicyclic) bond motifs is 4. The fourth-order valence-corrected chi connectivity index (χ4v) is 5.06. The van der Waals surface area contributed by atoms with Gasteiger partial charge in [0.2, 0.25) is 0 Å². The van der Waals surface area contributed by atoms with Crippen LogP contribution >= 0.6 is 0 Å². The number of para-hydroxylation sites is 1. The van der Waals surface area contributed by atoms with E-state index < -0.39 is 0 Å². The van der Waals surface area contributed by atoms with Crippen LogP contribution in [0.15, 0.2) is 138 Å². The molecule has 36 heavy (non-hydrogen) atoms. The van der Waals surface area contributed by atoms with Crippen LogP contribution in [-0.2, 0) is 0 Å². The Hall–Kier alpha value is -4.82. The molecule has 6 aromatic carbocycles. The number of anilines is 2. The van der Waals surface area contributed by atoms with Gasteiger partial charge in [-0.25, -0.2) is 0 Å². The topological polar surface area (TPSA) is 25.2 Å². The molecule has 0 aliphatic heterocycles. The smallest absolute Gasteiger partial charge is 0.135 e. The summed E-state index contributed by atoms with van der Waals surface area (Å²) in [5, 5.41) is 8.40. The number of benzene rings is 6.